The number of aromatic amines is 1. The van der Waals surface area contributed by atoms with Crippen molar-refractivity contribution in [2.24, 2.45) is 0 Å². The van der Waals surface area contributed by atoms with Crippen molar-refractivity contribution in [3.8, 4) is 0 Å². The molecule has 8 heteroatoms. The summed E-state index contributed by atoms with van der Waals surface area (Å²) in [5.41, 5.74) is 3.28. The lowest BCUT2D eigenvalue weighted by Gasteiger charge is -2.19. The number of aromatic nitrogens is 3. The maximum atomic E-state index is 12.9. The molecule has 0 aromatic carbocycles. The van der Waals surface area contributed by atoms with E-state index < -0.39 is 6.10 Å². The van der Waals surface area contributed by atoms with E-state index in [4.69, 9.17) is 0 Å². The molecule has 1 amide bonds. The smallest absolute Gasteiger partial charge is 0.270 e. The summed E-state index contributed by atoms with van der Waals surface area (Å²) >= 11 is 1.63. The molecule has 4 heterocycles. The third-order valence-electron chi connectivity index (χ3n) is 4.67. The average molecular weight is 373 g/mol. The summed E-state index contributed by atoms with van der Waals surface area (Å²) in [6, 6.07) is 5.84. The molecule has 0 radical (unpaired) electrons. The minimum atomic E-state index is -0.622. The Kier molecular flexibility index (Phi) is 4.56. The highest BCUT2D eigenvalue weighted by molar-refractivity contribution is 7.17. The van der Waals surface area contributed by atoms with Crippen LogP contribution in [0.1, 0.15) is 34.4 Å². The summed E-state index contributed by atoms with van der Waals surface area (Å²) in [4.78, 5) is 19.9. The van der Waals surface area contributed by atoms with Crippen LogP contribution in [0.4, 0.5) is 0 Å². The first kappa shape index (κ1) is 17.3. The Morgan fingerprint density at radius 2 is 2.27 bits per heavy atom. The van der Waals surface area contributed by atoms with E-state index in [-0.39, 0.29) is 5.91 Å². The zero-order valence-corrected chi connectivity index (χ0v) is 15.8. The predicted molar refractivity (Wildman–Crippen MR) is 101 cm³/mol. The standard InChI is InChI=1S/C18H23N5O2S/c1-21(2)11-16(24)14-8-12-10-22(5-3-6-23(12)20-14)18(25)15-9-17-13(19-15)4-7-26-17/h4,7-9,16,19,24H,3,5-6,10-11H2,1-2H3/t16-/m0/s1. The molecule has 1 atom stereocenters. The highest BCUT2D eigenvalue weighted by atomic mass is 32.1. The second kappa shape index (κ2) is 6.86. The van der Waals surface area contributed by atoms with Gasteiger partial charge >= 0.3 is 0 Å². The van der Waals surface area contributed by atoms with Crippen LogP contribution in [-0.2, 0) is 13.1 Å². The fraction of sp³-hybridized carbons (Fsp3) is 0.444. The molecular formula is C18H23N5O2S. The van der Waals surface area contributed by atoms with Gasteiger partial charge in [-0.05, 0) is 44.1 Å². The number of aliphatic hydroxyl groups is 1. The Labute approximate surface area is 155 Å². The van der Waals surface area contributed by atoms with E-state index in [1.165, 1.54) is 0 Å². The number of hydrogen-bond donors (Lipinski definition) is 2. The van der Waals surface area contributed by atoms with E-state index in [0.717, 1.165) is 28.9 Å². The number of H-pyrrole nitrogens is 1. The molecule has 0 unspecified atom stereocenters. The van der Waals surface area contributed by atoms with Crippen LogP contribution >= 0.6 is 11.3 Å². The second-order valence-electron chi connectivity index (χ2n) is 7.02. The molecule has 0 spiro atoms. The minimum absolute atomic E-state index is 0.0124. The van der Waals surface area contributed by atoms with Crippen LogP contribution in [-0.4, -0.2) is 62.8 Å². The van der Waals surface area contributed by atoms with Crippen LogP contribution in [0.3, 0.4) is 0 Å². The molecule has 3 aromatic heterocycles. The number of amides is 1. The monoisotopic (exact) mass is 373 g/mol. The van der Waals surface area contributed by atoms with Gasteiger partial charge in [-0.2, -0.15) is 5.10 Å². The first-order valence-electron chi connectivity index (χ1n) is 8.76. The zero-order valence-electron chi connectivity index (χ0n) is 15.0. The largest absolute Gasteiger partial charge is 0.385 e. The number of carbonyl (C=O) groups is 1. The average Bonchev–Trinajstić information content (AvgIpc) is 3.25. The van der Waals surface area contributed by atoms with E-state index in [0.29, 0.717) is 31.0 Å². The molecule has 4 rings (SSSR count). The maximum Gasteiger partial charge on any atom is 0.270 e. The predicted octanol–water partition coefficient (Wildman–Crippen LogP) is 2.07. The molecule has 0 saturated heterocycles. The lowest BCUT2D eigenvalue weighted by atomic mass is 10.2. The number of nitrogens with zero attached hydrogens (tertiary/aromatic N) is 4. The maximum absolute atomic E-state index is 12.9. The van der Waals surface area contributed by atoms with Crippen LogP contribution in [0.25, 0.3) is 10.2 Å². The Morgan fingerprint density at radius 3 is 3.04 bits per heavy atom. The van der Waals surface area contributed by atoms with Gasteiger partial charge in [-0.25, -0.2) is 0 Å². The van der Waals surface area contributed by atoms with E-state index in [1.54, 1.807) is 11.3 Å². The number of aliphatic hydroxyl groups excluding tert-OH is 1. The van der Waals surface area contributed by atoms with Gasteiger partial charge in [-0.1, -0.05) is 0 Å². The van der Waals surface area contributed by atoms with Crippen molar-refractivity contribution in [1.29, 1.82) is 0 Å². The van der Waals surface area contributed by atoms with E-state index in [2.05, 4.69) is 10.1 Å². The topological polar surface area (TPSA) is 77.4 Å². The third kappa shape index (κ3) is 3.27. The fourth-order valence-corrected chi connectivity index (χ4v) is 4.18. The van der Waals surface area contributed by atoms with Crippen molar-refractivity contribution in [2.45, 2.75) is 25.6 Å². The highest BCUT2D eigenvalue weighted by Gasteiger charge is 2.24. The molecular weight excluding hydrogens is 350 g/mol. The molecule has 26 heavy (non-hydrogen) atoms. The van der Waals surface area contributed by atoms with Crippen LogP contribution in [0.5, 0.6) is 0 Å². The number of carbonyl (C=O) groups excluding carboxylic acids is 1. The van der Waals surface area contributed by atoms with Gasteiger partial charge in [0, 0.05) is 19.6 Å². The summed E-state index contributed by atoms with van der Waals surface area (Å²) in [6.07, 6.45) is 0.224. The van der Waals surface area contributed by atoms with E-state index in [1.807, 2.05) is 52.2 Å². The molecule has 1 aliphatic heterocycles. The van der Waals surface area contributed by atoms with Crippen LogP contribution in [0.15, 0.2) is 23.6 Å². The van der Waals surface area contributed by atoms with Crippen LogP contribution < -0.4 is 0 Å². The van der Waals surface area contributed by atoms with Gasteiger partial charge in [0.1, 0.15) is 11.8 Å². The molecule has 0 aliphatic carbocycles. The van der Waals surface area contributed by atoms with Gasteiger partial charge in [0.05, 0.1) is 28.1 Å². The van der Waals surface area contributed by atoms with Crippen molar-refractivity contribution in [1.82, 2.24) is 24.6 Å². The summed E-state index contributed by atoms with van der Waals surface area (Å²) in [5, 5.41) is 16.9. The highest BCUT2D eigenvalue weighted by Crippen LogP contribution is 2.24. The molecule has 0 fully saturated rings. The normalized spacial score (nSPS) is 16.1. The Bertz CT molecular complexity index is 897. The summed E-state index contributed by atoms with van der Waals surface area (Å²) < 4.78 is 3.02. The lowest BCUT2D eigenvalue weighted by Crippen LogP contribution is -2.31. The number of likely N-dealkylation sites (N-methyl/N-ethyl adjacent to an activating group) is 1. The van der Waals surface area contributed by atoms with Gasteiger partial charge < -0.3 is 19.9 Å². The summed E-state index contributed by atoms with van der Waals surface area (Å²) in [6.45, 7) is 2.49. The quantitative estimate of drug-likeness (QED) is 0.734. The molecule has 3 aromatic rings. The Morgan fingerprint density at radius 1 is 1.42 bits per heavy atom. The van der Waals surface area contributed by atoms with Crippen molar-refractivity contribution >= 4 is 27.5 Å². The van der Waals surface area contributed by atoms with Crippen LogP contribution in [0, 0.1) is 0 Å². The molecule has 1 aliphatic rings. The SMILES string of the molecule is CN(C)C[C@H](O)c1cc2n(n1)CCCN(C(=O)c1cc3sccc3[nH]1)C2. The minimum Gasteiger partial charge on any atom is -0.385 e. The van der Waals surface area contributed by atoms with Crippen LogP contribution in [0.2, 0.25) is 0 Å². The number of hydrogen-bond acceptors (Lipinski definition) is 5. The zero-order chi connectivity index (χ0) is 18.3. The van der Waals surface area contributed by atoms with Crippen molar-refractivity contribution < 1.29 is 9.90 Å². The third-order valence-corrected chi connectivity index (χ3v) is 5.53. The van der Waals surface area contributed by atoms with Gasteiger partial charge in [0.25, 0.3) is 5.91 Å². The first-order chi connectivity index (χ1) is 12.5. The summed E-state index contributed by atoms with van der Waals surface area (Å²) in [5.74, 6) is 0.0124. The van der Waals surface area contributed by atoms with Crippen molar-refractivity contribution in [3.05, 3.63) is 40.7 Å². The van der Waals surface area contributed by atoms with Crippen molar-refractivity contribution in [2.75, 3.05) is 27.2 Å². The molecule has 0 saturated carbocycles. The summed E-state index contributed by atoms with van der Waals surface area (Å²) in [7, 11) is 3.84. The van der Waals surface area contributed by atoms with Gasteiger partial charge in [-0.3, -0.25) is 9.48 Å². The van der Waals surface area contributed by atoms with E-state index in [9.17, 15) is 9.90 Å². The molecule has 7 nitrogen and oxygen atoms in total. The number of rotatable bonds is 4. The van der Waals surface area contributed by atoms with Gasteiger partial charge in [-0.15, -0.1) is 11.3 Å². The second-order valence-corrected chi connectivity index (χ2v) is 7.97. The number of aryl methyl sites for hydroxylation is 1. The Hall–Kier alpha value is -2.16. The fourth-order valence-electron chi connectivity index (χ4n) is 3.39. The van der Waals surface area contributed by atoms with E-state index >= 15 is 0 Å². The number of nitrogens with one attached hydrogen (secondary N) is 1. The molecule has 138 valence electrons. The molecule has 0 bridgehead atoms. The Balaban J connectivity index is 1.54. The first-order valence-corrected chi connectivity index (χ1v) is 9.64. The molecule has 2 N–H and O–H groups in total. The number of thiophene rings is 1. The van der Waals surface area contributed by atoms with Crippen molar-refractivity contribution in [3.63, 3.8) is 0 Å². The van der Waals surface area contributed by atoms with Gasteiger partial charge in [0.2, 0.25) is 0 Å². The number of fused-ring (bicyclic) bond motifs is 2. The van der Waals surface area contributed by atoms with Gasteiger partial charge in [0.15, 0.2) is 0 Å². The lowest BCUT2D eigenvalue weighted by molar-refractivity contribution is 0.0741.